The summed E-state index contributed by atoms with van der Waals surface area (Å²) < 4.78 is 7.03. The Hall–Kier alpha value is -3.42. The van der Waals surface area contributed by atoms with Crippen molar-refractivity contribution in [3.05, 3.63) is 58.3 Å². The summed E-state index contributed by atoms with van der Waals surface area (Å²) in [5.74, 6) is 0.773. The Bertz CT molecular complexity index is 1160. The molecule has 4 heterocycles. The number of benzene rings is 1. The molecule has 0 atom stereocenters. The van der Waals surface area contributed by atoms with E-state index in [2.05, 4.69) is 15.0 Å². The van der Waals surface area contributed by atoms with Crippen LogP contribution >= 0.6 is 0 Å². The van der Waals surface area contributed by atoms with Gasteiger partial charge in [0, 0.05) is 56.8 Å². The highest BCUT2D eigenvalue weighted by Crippen LogP contribution is 2.35. The first-order valence-electron chi connectivity index (χ1n) is 9.73. The molecule has 0 saturated carbocycles. The zero-order valence-electron chi connectivity index (χ0n) is 16.2. The van der Waals surface area contributed by atoms with Crippen LogP contribution in [0.2, 0.25) is 0 Å². The van der Waals surface area contributed by atoms with Crippen LogP contribution in [0.25, 0.3) is 10.8 Å². The molecular formula is C21H21N5O3. The number of anilines is 1. The van der Waals surface area contributed by atoms with E-state index in [0.29, 0.717) is 49.3 Å². The molecule has 0 aliphatic carbocycles. The van der Waals surface area contributed by atoms with Gasteiger partial charge < -0.3 is 14.5 Å². The predicted molar refractivity (Wildman–Crippen MR) is 109 cm³/mol. The maximum atomic E-state index is 13.2. The minimum Gasteiger partial charge on any atom is -0.491 e. The van der Waals surface area contributed by atoms with Gasteiger partial charge in [0.1, 0.15) is 5.75 Å². The number of carbonyl (C=O) groups is 1. The average Bonchev–Trinajstić information content (AvgIpc) is 3.25. The number of hydrogen-bond acceptors (Lipinski definition) is 6. The number of rotatable bonds is 2. The van der Waals surface area contributed by atoms with Crippen LogP contribution in [0.4, 0.5) is 5.69 Å². The lowest BCUT2D eigenvalue weighted by Crippen LogP contribution is -2.49. The van der Waals surface area contributed by atoms with E-state index in [-0.39, 0.29) is 11.5 Å². The fourth-order valence-corrected chi connectivity index (χ4v) is 4.07. The molecule has 0 N–H and O–H groups in total. The van der Waals surface area contributed by atoms with E-state index in [1.165, 1.54) is 4.68 Å². The van der Waals surface area contributed by atoms with Crippen LogP contribution in [0.3, 0.4) is 0 Å². The van der Waals surface area contributed by atoms with Crippen molar-refractivity contribution in [3.63, 3.8) is 0 Å². The van der Waals surface area contributed by atoms with Gasteiger partial charge in [-0.2, -0.15) is 5.10 Å². The summed E-state index contributed by atoms with van der Waals surface area (Å²) in [4.78, 5) is 33.9. The maximum absolute atomic E-state index is 13.2. The van der Waals surface area contributed by atoms with Gasteiger partial charge in [-0.3, -0.25) is 14.6 Å². The number of aryl methyl sites for hydroxylation is 1. The molecule has 8 heteroatoms. The van der Waals surface area contributed by atoms with Gasteiger partial charge in [-0.25, -0.2) is 4.68 Å². The summed E-state index contributed by atoms with van der Waals surface area (Å²) in [5, 5.41) is 5.38. The van der Waals surface area contributed by atoms with Gasteiger partial charge >= 0.3 is 0 Å². The quantitative estimate of drug-likeness (QED) is 0.654. The Morgan fingerprint density at radius 3 is 2.62 bits per heavy atom. The summed E-state index contributed by atoms with van der Waals surface area (Å²) in [6, 6.07) is 7.13. The number of hydrogen-bond donors (Lipinski definition) is 0. The monoisotopic (exact) mass is 391 g/mol. The molecule has 2 aromatic heterocycles. The van der Waals surface area contributed by atoms with Gasteiger partial charge in [0.25, 0.3) is 11.5 Å². The molecule has 2 aliphatic rings. The molecule has 0 radical (unpaired) electrons. The van der Waals surface area contributed by atoms with Gasteiger partial charge in [0.05, 0.1) is 23.9 Å². The summed E-state index contributed by atoms with van der Waals surface area (Å²) in [6.07, 6.45) is 4.59. The third-order valence-corrected chi connectivity index (χ3v) is 5.64. The molecule has 3 aromatic rings. The van der Waals surface area contributed by atoms with E-state index in [4.69, 9.17) is 4.74 Å². The van der Waals surface area contributed by atoms with Crippen LogP contribution in [0.15, 0.2) is 41.5 Å². The Balaban J connectivity index is 1.39. The Morgan fingerprint density at radius 2 is 1.83 bits per heavy atom. The molecule has 2 aliphatic heterocycles. The number of pyridine rings is 1. The smallest absolute Gasteiger partial charge is 0.275 e. The van der Waals surface area contributed by atoms with Gasteiger partial charge in [-0.15, -0.1) is 0 Å². The lowest BCUT2D eigenvalue weighted by atomic mass is 10.1. The van der Waals surface area contributed by atoms with Crippen LogP contribution in [0, 0.1) is 0 Å². The topological polar surface area (TPSA) is 80.6 Å². The number of piperazine rings is 1. The molecule has 1 amide bonds. The molecule has 0 spiro atoms. The molecule has 1 aromatic carbocycles. The molecular weight excluding hydrogens is 370 g/mol. The molecule has 1 fully saturated rings. The number of carbonyl (C=O) groups excluding carboxylic acids is 1. The van der Waals surface area contributed by atoms with Gasteiger partial charge in [-0.05, 0) is 6.07 Å². The molecule has 148 valence electrons. The minimum absolute atomic E-state index is 0.149. The summed E-state index contributed by atoms with van der Waals surface area (Å²) in [5.41, 5.74) is 2.26. The highest BCUT2D eigenvalue weighted by atomic mass is 16.5. The van der Waals surface area contributed by atoms with Crippen molar-refractivity contribution in [1.82, 2.24) is 19.7 Å². The number of amides is 1. The third-order valence-electron chi connectivity index (χ3n) is 5.64. The molecule has 5 rings (SSSR count). The van der Waals surface area contributed by atoms with E-state index >= 15 is 0 Å². The van der Waals surface area contributed by atoms with Crippen LogP contribution in [-0.2, 0) is 13.5 Å². The highest BCUT2D eigenvalue weighted by Gasteiger charge is 2.28. The SMILES string of the molecule is Cn1nc(C(=O)N2CCN(c3cncc4c3OCC4)CC2)c2ccccc2c1=O. The van der Waals surface area contributed by atoms with Gasteiger partial charge in [0.2, 0.25) is 0 Å². The summed E-state index contributed by atoms with van der Waals surface area (Å²) >= 11 is 0. The highest BCUT2D eigenvalue weighted by molar-refractivity contribution is 6.04. The lowest BCUT2D eigenvalue weighted by Gasteiger charge is -2.36. The van der Waals surface area contributed by atoms with E-state index in [1.807, 2.05) is 18.5 Å². The second-order valence-electron chi connectivity index (χ2n) is 7.35. The molecule has 0 unspecified atom stereocenters. The average molecular weight is 391 g/mol. The second kappa shape index (κ2) is 6.88. The number of aromatic nitrogens is 3. The van der Waals surface area contributed by atoms with Gasteiger partial charge in [-0.1, -0.05) is 18.2 Å². The van der Waals surface area contributed by atoms with Crippen LogP contribution in [-0.4, -0.2) is 58.4 Å². The maximum Gasteiger partial charge on any atom is 0.275 e. The lowest BCUT2D eigenvalue weighted by molar-refractivity contribution is 0.0740. The van der Waals surface area contributed by atoms with Crippen LogP contribution in [0.1, 0.15) is 16.1 Å². The zero-order chi connectivity index (χ0) is 20.0. The zero-order valence-corrected chi connectivity index (χ0v) is 16.2. The van der Waals surface area contributed by atoms with Crippen LogP contribution < -0.4 is 15.2 Å². The van der Waals surface area contributed by atoms with E-state index in [9.17, 15) is 9.59 Å². The standard InChI is InChI=1S/C21H21N5O3/c1-24-20(27)16-5-3-2-4-15(16)18(23-24)21(28)26-9-7-25(8-10-26)17-13-22-12-14-6-11-29-19(14)17/h2-5,12-13H,6-11H2,1H3. The van der Waals surface area contributed by atoms with Crippen molar-refractivity contribution in [2.24, 2.45) is 7.05 Å². The molecule has 1 saturated heterocycles. The van der Waals surface area contributed by atoms with E-state index in [1.54, 1.807) is 30.1 Å². The second-order valence-corrected chi connectivity index (χ2v) is 7.35. The number of ether oxygens (including phenoxy) is 1. The van der Waals surface area contributed by atoms with Crippen molar-refractivity contribution >= 4 is 22.4 Å². The van der Waals surface area contributed by atoms with Crippen molar-refractivity contribution in [1.29, 1.82) is 0 Å². The normalized spacial score (nSPS) is 16.0. The largest absolute Gasteiger partial charge is 0.491 e. The minimum atomic E-state index is -0.201. The van der Waals surface area contributed by atoms with E-state index in [0.717, 1.165) is 23.4 Å². The first-order valence-corrected chi connectivity index (χ1v) is 9.73. The van der Waals surface area contributed by atoms with E-state index < -0.39 is 0 Å². The Kier molecular flexibility index (Phi) is 4.19. The van der Waals surface area contributed by atoms with Crippen molar-refractivity contribution < 1.29 is 9.53 Å². The fourth-order valence-electron chi connectivity index (χ4n) is 4.07. The van der Waals surface area contributed by atoms with Crippen molar-refractivity contribution in [3.8, 4) is 5.75 Å². The molecule has 29 heavy (non-hydrogen) atoms. The van der Waals surface area contributed by atoms with Crippen molar-refractivity contribution in [2.75, 3.05) is 37.7 Å². The molecule has 0 bridgehead atoms. The van der Waals surface area contributed by atoms with Crippen molar-refractivity contribution in [2.45, 2.75) is 6.42 Å². The first kappa shape index (κ1) is 17.7. The summed E-state index contributed by atoms with van der Waals surface area (Å²) in [7, 11) is 1.58. The fraction of sp³-hybridized carbons (Fsp3) is 0.333. The first-order chi connectivity index (χ1) is 14.1. The third kappa shape index (κ3) is 2.91. The summed E-state index contributed by atoms with van der Waals surface area (Å²) in [6.45, 7) is 3.22. The number of fused-ring (bicyclic) bond motifs is 2. The number of nitrogens with zero attached hydrogens (tertiary/aromatic N) is 5. The van der Waals surface area contributed by atoms with Gasteiger partial charge in [0.15, 0.2) is 5.69 Å². The Labute approximate surface area is 167 Å². The molecule has 8 nitrogen and oxygen atoms in total. The Morgan fingerprint density at radius 1 is 1.07 bits per heavy atom. The van der Waals surface area contributed by atoms with Crippen LogP contribution in [0.5, 0.6) is 5.75 Å². The predicted octanol–water partition coefficient (Wildman–Crippen LogP) is 1.23.